The zero-order valence-electron chi connectivity index (χ0n) is 13.4. The number of hydrogen-bond donors (Lipinski definition) is 1. The van der Waals surface area contributed by atoms with Crippen LogP contribution in [0.15, 0.2) is 52.2 Å². The SMILES string of the molecule is N#Cc1cc2c(=O)n(C[C@@H]3OCCc4ccccc43)ccc2[nH]c1=O. The summed E-state index contributed by atoms with van der Waals surface area (Å²) in [4.78, 5) is 27.1. The van der Waals surface area contributed by atoms with Crippen LogP contribution in [-0.4, -0.2) is 16.2 Å². The average Bonchev–Trinajstić information content (AvgIpc) is 2.64. The standard InChI is InChI=1S/C19H15N3O3/c20-10-13-9-15-16(21-18(13)23)5-7-22(19(15)24)11-17-14-4-2-1-3-12(14)6-8-25-17/h1-5,7,9,17H,6,8,11H2,(H,21,23)/t17-/m0/s1. The first-order valence-electron chi connectivity index (χ1n) is 8.03. The molecule has 2 aromatic heterocycles. The minimum absolute atomic E-state index is 0.0680. The van der Waals surface area contributed by atoms with Crippen molar-refractivity contribution in [3.63, 3.8) is 0 Å². The van der Waals surface area contributed by atoms with Crippen LogP contribution < -0.4 is 11.1 Å². The molecule has 1 aliphatic rings. The topological polar surface area (TPSA) is 87.9 Å². The number of rotatable bonds is 2. The zero-order valence-corrected chi connectivity index (χ0v) is 13.4. The van der Waals surface area contributed by atoms with Crippen molar-refractivity contribution in [3.8, 4) is 6.07 Å². The number of pyridine rings is 2. The van der Waals surface area contributed by atoms with Crippen LogP contribution in [0.4, 0.5) is 0 Å². The van der Waals surface area contributed by atoms with Crippen LogP contribution in [0, 0.1) is 11.3 Å². The maximum Gasteiger partial charge on any atom is 0.266 e. The molecular formula is C19H15N3O3. The van der Waals surface area contributed by atoms with Gasteiger partial charge in [0.25, 0.3) is 11.1 Å². The smallest absolute Gasteiger partial charge is 0.266 e. The molecule has 1 aliphatic heterocycles. The predicted molar refractivity (Wildman–Crippen MR) is 92.4 cm³/mol. The third-order valence-electron chi connectivity index (χ3n) is 4.56. The highest BCUT2D eigenvalue weighted by molar-refractivity contribution is 5.78. The molecule has 124 valence electrons. The molecule has 4 rings (SSSR count). The van der Waals surface area contributed by atoms with Gasteiger partial charge in [-0.2, -0.15) is 5.26 Å². The highest BCUT2D eigenvalue weighted by atomic mass is 16.5. The number of benzene rings is 1. The van der Waals surface area contributed by atoms with Crippen LogP contribution in [0.25, 0.3) is 10.9 Å². The number of aromatic amines is 1. The first kappa shape index (κ1) is 15.4. The van der Waals surface area contributed by atoms with Crippen molar-refractivity contribution in [3.05, 3.63) is 80.0 Å². The molecule has 0 amide bonds. The highest BCUT2D eigenvalue weighted by Gasteiger charge is 2.21. The van der Waals surface area contributed by atoms with Gasteiger partial charge >= 0.3 is 0 Å². The second kappa shape index (κ2) is 6.04. The largest absolute Gasteiger partial charge is 0.371 e. The maximum atomic E-state index is 12.8. The summed E-state index contributed by atoms with van der Waals surface area (Å²) in [5.74, 6) is 0. The second-order valence-electron chi connectivity index (χ2n) is 6.03. The van der Waals surface area contributed by atoms with Crippen molar-refractivity contribution in [2.45, 2.75) is 19.1 Å². The van der Waals surface area contributed by atoms with E-state index in [9.17, 15) is 9.59 Å². The number of ether oxygens (including phenoxy) is 1. The Morgan fingerprint density at radius 3 is 2.96 bits per heavy atom. The number of H-pyrrole nitrogens is 1. The Kier molecular flexibility index (Phi) is 3.71. The molecule has 0 saturated heterocycles. The molecule has 0 fully saturated rings. The Balaban J connectivity index is 1.78. The fraction of sp³-hybridized carbons (Fsp3) is 0.211. The number of nitrogens with zero attached hydrogens (tertiary/aromatic N) is 2. The molecule has 0 saturated carbocycles. The number of aromatic nitrogens is 2. The molecule has 0 aliphatic carbocycles. The highest BCUT2D eigenvalue weighted by Crippen LogP contribution is 2.28. The molecule has 25 heavy (non-hydrogen) atoms. The average molecular weight is 333 g/mol. The van der Waals surface area contributed by atoms with Gasteiger partial charge < -0.3 is 14.3 Å². The van der Waals surface area contributed by atoms with Gasteiger partial charge in [0.1, 0.15) is 17.7 Å². The van der Waals surface area contributed by atoms with E-state index in [1.54, 1.807) is 16.8 Å². The molecule has 1 N–H and O–H groups in total. The minimum Gasteiger partial charge on any atom is -0.371 e. The molecule has 0 unspecified atom stereocenters. The van der Waals surface area contributed by atoms with Crippen molar-refractivity contribution in [2.75, 3.05) is 6.61 Å². The Morgan fingerprint density at radius 1 is 1.28 bits per heavy atom. The van der Waals surface area contributed by atoms with E-state index in [4.69, 9.17) is 10.00 Å². The summed E-state index contributed by atoms with van der Waals surface area (Å²) in [6.07, 6.45) is 2.32. The van der Waals surface area contributed by atoms with Gasteiger partial charge in [-0.3, -0.25) is 9.59 Å². The molecule has 3 heterocycles. The van der Waals surface area contributed by atoms with Crippen LogP contribution in [-0.2, 0) is 17.7 Å². The van der Waals surface area contributed by atoms with E-state index in [-0.39, 0.29) is 17.2 Å². The maximum absolute atomic E-state index is 12.8. The number of fused-ring (bicyclic) bond motifs is 2. The molecule has 0 spiro atoms. The lowest BCUT2D eigenvalue weighted by Gasteiger charge is -2.26. The first-order valence-corrected chi connectivity index (χ1v) is 8.03. The fourth-order valence-corrected chi connectivity index (χ4v) is 3.27. The lowest BCUT2D eigenvalue weighted by molar-refractivity contribution is 0.0300. The van der Waals surface area contributed by atoms with E-state index in [1.807, 2.05) is 24.3 Å². The summed E-state index contributed by atoms with van der Waals surface area (Å²) in [7, 11) is 0. The van der Waals surface area contributed by atoms with E-state index >= 15 is 0 Å². The third-order valence-corrected chi connectivity index (χ3v) is 4.56. The van der Waals surface area contributed by atoms with Crippen molar-refractivity contribution >= 4 is 10.9 Å². The van der Waals surface area contributed by atoms with E-state index in [0.717, 1.165) is 12.0 Å². The summed E-state index contributed by atoms with van der Waals surface area (Å²) < 4.78 is 7.43. The van der Waals surface area contributed by atoms with Gasteiger partial charge in [-0.05, 0) is 29.7 Å². The lowest BCUT2D eigenvalue weighted by Crippen LogP contribution is -2.27. The monoisotopic (exact) mass is 333 g/mol. The molecule has 1 aromatic carbocycles. The van der Waals surface area contributed by atoms with E-state index in [1.165, 1.54) is 11.6 Å². The molecular weight excluding hydrogens is 318 g/mol. The van der Waals surface area contributed by atoms with Crippen molar-refractivity contribution in [2.24, 2.45) is 0 Å². The quantitative estimate of drug-likeness (QED) is 0.775. The van der Waals surface area contributed by atoms with Crippen LogP contribution in [0.3, 0.4) is 0 Å². The van der Waals surface area contributed by atoms with Crippen molar-refractivity contribution in [1.29, 1.82) is 5.26 Å². The lowest BCUT2D eigenvalue weighted by atomic mass is 9.97. The van der Waals surface area contributed by atoms with Gasteiger partial charge in [0.15, 0.2) is 0 Å². The third kappa shape index (κ3) is 2.65. The Morgan fingerprint density at radius 2 is 2.12 bits per heavy atom. The molecule has 1 atom stereocenters. The van der Waals surface area contributed by atoms with Crippen molar-refractivity contribution in [1.82, 2.24) is 9.55 Å². The fourth-order valence-electron chi connectivity index (χ4n) is 3.27. The van der Waals surface area contributed by atoms with Crippen LogP contribution in [0.1, 0.15) is 22.8 Å². The molecule has 6 heteroatoms. The van der Waals surface area contributed by atoms with Crippen molar-refractivity contribution < 1.29 is 4.74 Å². The zero-order chi connectivity index (χ0) is 17.4. The number of nitriles is 1. The summed E-state index contributed by atoms with van der Waals surface area (Å²) in [5, 5.41) is 9.33. The Labute approximate surface area is 142 Å². The summed E-state index contributed by atoms with van der Waals surface area (Å²) >= 11 is 0. The summed E-state index contributed by atoms with van der Waals surface area (Å²) in [6.45, 7) is 1.00. The number of nitrogens with one attached hydrogen (secondary N) is 1. The second-order valence-corrected chi connectivity index (χ2v) is 6.03. The van der Waals surface area contributed by atoms with Gasteiger partial charge in [0, 0.05) is 6.20 Å². The summed E-state index contributed by atoms with van der Waals surface area (Å²) in [6, 6.07) is 12.9. The van der Waals surface area contributed by atoms with Gasteiger partial charge in [-0.25, -0.2) is 0 Å². The van der Waals surface area contributed by atoms with E-state index in [2.05, 4.69) is 11.1 Å². The normalized spacial score (nSPS) is 16.4. The summed E-state index contributed by atoms with van der Waals surface area (Å²) in [5.41, 5.74) is 1.95. The number of hydrogen-bond acceptors (Lipinski definition) is 4. The Bertz CT molecular complexity index is 1120. The van der Waals surface area contributed by atoms with Gasteiger partial charge in [0.2, 0.25) is 0 Å². The van der Waals surface area contributed by atoms with E-state index in [0.29, 0.717) is 24.1 Å². The minimum atomic E-state index is -0.489. The first-order chi connectivity index (χ1) is 12.2. The van der Waals surface area contributed by atoms with Crippen LogP contribution in [0.5, 0.6) is 0 Å². The molecule has 6 nitrogen and oxygen atoms in total. The molecule has 0 radical (unpaired) electrons. The molecule has 3 aromatic rings. The van der Waals surface area contributed by atoms with Gasteiger partial charge in [0.05, 0.1) is 24.1 Å². The molecule has 0 bridgehead atoms. The van der Waals surface area contributed by atoms with Gasteiger partial charge in [-0.15, -0.1) is 0 Å². The van der Waals surface area contributed by atoms with Gasteiger partial charge in [-0.1, -0.05) is 24.3 Å². The van der Waals surface area contributed by atoms with Crippen LogP contribution >= 0.6 is 0 Å². The Hall–Kier alpha value is -3.17. The van der Waals surface area contributed by atoms with E-state index < -0.39 is 5.56 Å². The predicted octanol–water partition coefficient (Wildman–Crippen LogP) is 1.88. The van der Waals surface area contributed by atoms with Crippen LogP contribution in [0.2, 0.25) is 0 Å².